The molecule has 0 aromatic carbocycles. The molecule has 0 spiro atoms. The lowest BCUT2D eigenvalue weighted by Crippen LogP contribution is -2.51. The van der Waals surface area contributed by atoms with Crippen LogP contribution >= 0.6 is 11.6 Å². The van der Waals surface area contributed by atoms with Crippen molar-refractivity contribution in [2.24, 2.45) is 153 Å². The van der Waals surface area contributed by atoms with Crippen LogP contribution in [-0.4, -0.2) is 134 Å². The molecule has 0 radical (unpaired) electrons. The maximum Gasteiger partial charge on any atom is 0.0624 e. The first-order valence-corrected chi connectivity index (χ1v) is 51.5. The van der Waals surface area contributed by atoms with Gasteiger partial charge in [-0.05, 0) is 288 Å². The van der Waals surface area contributed by atoms with E-state index in [1.165, 1.54) is 212 Å². The Kier molecular flexibility index (Phi) is 57.6. The first-order valence-electron chi connectivity index (χ1n) is 51.0. The molecule has 9 N–H and O–H groups in total. The average molecular weight is 1710 g/mol. The van der Waals surface area contributed by atoms with Crippen LogP contribution in [0, 0.1) is 164 Å². The summed E-state index contributed by atoms with van der Waals surface area (Å²) in [4.78, 5) is 0. The number of hydrogen-bond acceptors (Lipinski definition) is 12. The van der Waals surface area contributed by atoms with Crippen LogP contribution in [0.2, 0.25) is 0 Å². The maximum absolute atomic E-state index is 11.5. The minimum atomic E-state index is -0.155. The zero-order valence-corrected chi connectivity index (χ0v) is 82.0. The van der Waals surface area contributed by atoms with Crippen molar-refractivity contribution in [1.29, 1.82) is 5.26 Å². The molecule has 0 bridgehead atoms. The topological polar surface area (TPSA) is 224 Å². The summed E-state index contributed by atoms with van der Waals surface area (Å²) in [6, 6.07) is 2.44. The Morgan fingerprint density at radius 1 is 0.331 bits per heavy atom. The fourth-order valence-corrected chi connectivity index (χ4v) is 25.2. The molecule has 0 amide bonds. The van der Waals surface area contributed by atoms with Gasteiger partial charge in [0.15, 0.2) is 0 Å². The molecule has 10 aliphatic rings. The molecule has 16 unspecified atom stereocenters. The largest absolute Gasteiger partial charge is 0.396 e. The normalized spacial score (nSPS) is 39.6. The summed E-state index contributed by atoms with van der Waals surface area (Å²) >= 11 is 5.78. The van der Waals surface area contributed by atoms with Gasteiger partial charge in [-0.15, -0.1) is 11.6 Å². The van der Waals surface area contributed by atoms with E-state index in [1.54, 1.807) is 7.11 Å². The van der Waals surface area contributed by atoms with Crippen LogP contribution in [0.15, 0.2) is 0 Å². The summed E-state index contributed by atoms with van der Waals surface area (Å²) < 4.78 is 11.1. The van der Waals surface area contributed by atoms with Crippen molar-refractivity contribution < 1.29 is 69.7 Å². The number of nitrogens with zero attached hydrogens (tertiary/aromatic N) is 1. The first kappa shape index (κ1) is 112. The van der Waals surface area contributed by atoms with E-state index >= 15 is 0 Å². The number of aliphatic hydroxyl groups excluding tert-OH is 9. The predicted octanol–water partition coefficient (Wildman–Crippen LogP) is 28.1. The molecular weight excluding hydrogens is 1490 g/mol. The van der Waals surface area contributed by atoms with Gasteiger partial charge >= 0.3 is 0 Å². The van der Waals surface area contributed by atoms with Gasteiger partial charge in [-0.2, -0.15) is 5.26 Å². The fraction of sp³-hybridized carbons (Fsp3) is 0.990. The summed E-state index contributed by atoms with van der Waals surface area (Å²) in [6.45, 7) is 46.8. The van der Waals surface area contributed by atoms with E-state index < -0.39 is 0 Å². The Hall–Kier alpha value is -0.660. The third-order valence-electron chi connectivity index (χ3n) is 32.4. The molecular formula is C105H222ClNO11. The number of aliphatic hydroxyl groups is 9. The monoisotopic (exact) mass is 1710 g/mol. The second kappa shape index (κ2) is 61.0. The highest BCUT2D eigenvalue weighted by molar-refractivity contribution is 6.18. The minimum absolute atomic E-state index is 0. The molecule has 12 nitrogen and oxygen atoms in total. The molecule has 0 saturated heterocycles. The molecule has 10 fully saturated rings. The van der Waals surface area contributed by atoms with Crippen molar-refractivity contribution in [3.8, 4) is 6.07 Å². The van der Waals surface area contributed by atoms with E-state index in [9.17, 15) is 46.1 Å². The van der Waals surface area contributed by atoms with Gasteiger partial charge in [0.25, 0.3) is 0 Å². The van der Waals surface area contributed by atoms with E-state index in [2.05, 4.69) is 145 Å². The summed E-state index contributed by atoms with van der Waals surface area (Å²) in [5.74, 6) is 13.3. The highest BCUT2D eigenvalue weighted by Crippen LogP contribution is 2.57. The van der Waals surface area contributed by atoms with Crippen molar-refractivity contribution in [2.45, 2.75) is 470 Å². The smallest absolute Gasteiger partial charge is 0.0624 e. The Balaban J connectivity index is -0.000000220. The van der Waals surface area contributed by atoms with Gasteiger partial charge in [-0.3, -0.25) is 0 Å². The SMILES string of the molecule is CC1(C2CC(CC#N)CC(C3(C)CCCCC3)C2O)CCCCC1.CC1CC(C)C(O)C(C)C1.CC1CC(C)C(O)C(C)C1.CC1CC(CCl)CC(C)C1O.CC1CC(CO)CC(C)C1O.CCC1CC(C)C(O)C(C)C1.CCCCCCCCCCCCCCCCCCOCC1CC(C)C(O)C(C)C1.COCC1CC(C)C(O)C(C)C1.[HH].[HH].[HH].[HH].[HH].[HH].[HH].[HH].[HH].[HH]. The van der Waals surface area contributed by atoms with Crippen molar-refractivity contribution in [3.05, 3.63) is 0 Å². The molecule has 10 rings (SSSR count). The van der Waals surface area contributed by atoms with Gasteiger partial charge in [0.1, 0.15) is 0 Å². The number of unbranched alkanes of at least 4 members (excludes halogenated alkanes) is 15. The molecule has 0 aromatic heterocycles. The summed E-state index contributed by atoms with van der Waals surface area (Å²) in [5.41, 5.74) is 0.601. The second-order valence-electron chi connectivity index (χ2n) is 44.4. The van der Waals surface area contributed by atoms with Gasteiger partial charge in [0, 0.05) is 60.1 Å². The third kappa shape index (κ3) is 41.2. The van der Waals surface area contributed by atoms with Crippen LogP contribution < -0.4 is 0 Å². The van der Waals surface area contributed by atoms with Crippen LogP contribution in [0.5, 0.6) is 0 Å². The molecule has 720 valence electrons. The lowest BCUT2D eigenvalue weighted by atomic mass is 9.52. The number of halogens is 1. The van der Waals surface area contributed by atoms with Gasteiger partial charge in [-0.25, -0.2) is 0 Å². The minimum Gasteiger partial charge on any atom is -0.396 e. The second-order valence-corrected chi connectivity index (χ2v) is 44.7. The molecule has 16 atom stereocenters. The van der Waals surface area contributed by atoms with Crippen LogP contribution in [0.1, 0.15) is 435 Å². The van der Waals surface area contributed by atoms with Gasteiger partial charge < -0.3 is 55.4 Å². The highest BCUT2D eigenvalue weighted by atomic mass is 35.5. The lowest BCUT2D eigenvalue weighted by Gasteiger charge is -2.54. The summed E-state index contributed by atoms with van der Waals surface area (Å²) in [6.07, 6.45) is 55.0. The van der Waals surface area contributed by atoms with Crippen LogP contribution in [-0.2, 0) is 9.47 Å². The number of ether oxygens (including phenoxy) is 2. The maximum atomic E-state index is 11.5. The van der Waals surface area contributed by atoms with Gasteiger partial charge in [0.2, 0.25) is 0 Å². The van der Waals surface area contributed by atoms with E-state index in [-0.39, 0.29) is 69.7 Å². The van der Waals surface area contributed by atoms with E-state index in [0.29, 0.717) is 142 Å². The van der Waals surface area contributed by atoms with Crippen LogP contribution in [0.4, 0.5) is 0 Å². The standard InChI is InChI=1S/C27H54O2.C22H37NO.C10H20O2.C10H20O.C9H17ClO.C9H18O2.2C9H18O.10H2/c1-4-5-6-7-8-9-10-11-12-13-14-15-16-17-18-19-20-29-23-26-21-24(2)27(28)25(3)22-26;1-21(10-5-3-6-11-21)18-15-17(9-14-23)16-19(20(18)24)22(2)12-7-4-8-13-22;1-7-4-9(6-12-3)5-8(2)10(7)11;1-4-9-5-7(2)10(11)8(3)6-9;2*1-6-3-8(5-10)4-7(2)9(6)11;2*1-6-4-7(2)9(10)8(3)5-6;;;;;;;;;;/h24-28H,4-23H2,1-3H3;17-20,24H,3-13,15-16H2,1-2H3;7-11H,4-6H2,1-3H3;7-11H,4-6H2,1-3H3;6-9,11H,3-5H2,1-2H3;6-11H,3-5H2,1-2H3;2*6-10H,4-5H2,1-3H3;10*1H. The van der Waals surface area contributed by atoms with Gasteiger partial charge in [-0.1, -0.05) is 280 Å². The van der Waals surface area contributed by atoms with E-state index in [0.717, 1.165) is 108 Å². The molecule has 0 aliphatic heterocycles. The molecule has 118 heavy (non-hydrogen) atoms. The highest BCUT2D eigenvalue weighted by Gasteiger charge is 2.52. The van der Waals surface area contributed by atoms with Crippen molar-refractivity contribution >= 4 is 11.6 Å². The molecule has 0 heterocycles. The molecule has 0 aromatic rings. The zero-order valence-electron chi connectivity index (χ0n) is 81.3. The number of rotatable bonds is 27. The molecule has 13 heteroatoms. The predicted molar refractivity (Wildman–Crippen MR) is 521 cm³/mol. The Morgan fingerprint density at radius 3 is 0.864 bits per heavy atom. The number of alkyl halides is 1. The summed E-state index contributed by atoms with van der Waals surface area (Å²) in [5, 5.41) is 97.4. The number of nitriles is 1. The van der Waals surface area contributed by atoms with Crippen LogP contribution in [0.3, 0.4) is 0 Å². The van der Waals surface area contributed by atoms with E-state index in [4.69, 9.17) is 26.2 Å². The quantitative estimate of drug-likeness (QED) is 0.0277. The van der Waals surface area contributed by atoms with Crippen molar-refractivity contribution in [2.75, 3.05) is 39.4 Å². The number of hydrogen-bond donors (Lipinski definition) is 9. The van der Waals surface area contributed by atoms with Crippen molar-refractivity contribution in [1.82, 2.24) is 0 Å². The average Bonchev–Trinajstić information content (AvgIpc) is 0.756. The first-order chi connectivity index (χ1) is 55.9. The van der Waals surface area contributed by atoms with Gasteiger partial charge in [0.05, 0.1) is 54.9 Å². The van der Waals surface area contributed by atoms with Crippen LogP contribution in [0.25, 0.3) is 0 Å². The Morgan fingerprint density at radius 2 is 0.593 bits per heavy atom. The molecule has 10 aliphatic carbocycles. The Labute approximate surface area is 751 Å². The van der Waals surface area contributed by atoms with Crippen molar-refractivity contribution in [3.63, 3.8) is 0 Å². The number of methoxy groups -OCH3 is 1. The zero-order chi connectivity index (χ0) is 88.2. The fourth-order valence-electron chi connectivity index (χ4n) is 25.0. The van der Waals surface area contributed by atoms with E-state index in [1.807, 2.05) is 0 Å². The molecule has 10 saturated carbocycles. The summed E-state index contributed by atoms with van der Waals surface area (Å²) in [7, 11) is 1.75. The lowest BCUT2D eigenvalue weighted by molar-refractivity contribution is -0.114. The Bertz CT molecular complexity index is 2310. The third-order valence-corrected chi connectivity index (χ3v) is 32.9.